The lowest BCUT2D eigenvalue weighted by molar-refractivity contribution is -0.114. The van der Waals surface area contributed by atoms with E-state index in [9.17, 15) is 14.4 Å². The average molecular weight is 579 g/mol. The number of benzene rings is 3. The summed E-state index contributed by atoms with van der Waals surface area (Å²) >= 11 is 1.33. The van der Waals surface area contributed by atoms with Gasteiger partial charge in [0.1, 0.15) is 23.0 Å². The zero-order chi connectivity index (χ0) is 29.3. The molecule has 2 heterocycles. The number of hydrogen-bond donors (Lipinski definition) is 3. The van der Waals surface area contributed by atoms with Gasteiger partial charge >= 0.3 is 0 Å². The first kappa shape index (κ1) is 28.2. The van der Waals surface area contributed by atoms with Crippen molar-refractivity contribution in [2.45, 2.75) is 11.8 Å². The first-order valence-corrected chi connectivity index (χ1v) is 13.9. The van der Waals surface area contributed by atoms with E-state index in [1.165, 1.54) is 17.8 Å². The molecule has 0 radical (unpaired) electrons. The van der Waals surface area contributed by atoms with Crippen molar-refractivity contribution in [3.8, 4) is 11.3 Å². The molecule has 2 aromatic heterocycles. The highest BCUT2D eigenvalue weighted by atomic mass is 32.2. The molecule has 3 amide bonds. The van der Waals surface area contributed by atoms with Crippen molar-refractivity contribution in [3.63, 3.8) is 0 Å². The first-order valence-electron chi connectivity index (χ1n) is 12.9. The molecule has 42 heavy (non-hydrogen) atoms. The summed E-state index contributed by atoms with van der Waals surface area (Å²) in [7, 11) is 0. The Hall–Kier alpha value is -5.35. The molecule has 9 nitrogen and oxygen atoms in total. The second-order valence-electron chi connectivity index (χ2n) is 9.08. The summed E-state index contributed by atoms with van der Waals surface area (Å²) < 4.78 is 10.9. The molecule has 0 aliphatic heterocycles. The lowest BCUT2D eigenvalue weighted by Crippen LogP contribution is -2.30. The minimum atomic E-state index is -0.528. The number of thioether (sulfide) groups is 1. The van der Waals surface area contributed by atoms with Crippen LogP contribution in [0.5, 0.6) is 0 Å². The Balaban J connectivity index is 1.27. The smallest absolute Gasteiger partial charge is 0.272 e. The number of rotatable bonds is 10. The van der Waals surface area contributed by atoms with Gasteiger partial charge in [-0.2, -0.15) is 0 Å². The number of nitrogens with zero attached hydrogens (tertiary/aromatic N) is 1. The van der Waals surface area contributed by atoms with Crippen LogP contribution in [0.15, 0.2) is 123 Å². The van der Waals surface area contributed by atoms with E-state index in [1.54, 1.807) is 79.7 Å². The number of carbonyl (C=O) groups is 3. The minimum Gasteiger partial charge on any atom is -0.457 e. The van der Waals surface area contributed by atoms with Crippen molar-refractivity contribution in [1.82, 2.24) is 10.5 Å². The van der Waals surface area contributed by atoms with Crippen molar-refractivity contribution >= 4 is 47.1 Å². The minimum absolute atomic E-state index is 0.0102. The Morgan fingerprint density at radius 3 is 2.26 bits per heavy atom. The van der Waals surface area contributed by atoms with Gasteiger partial charge in [-0.3, -0.25) is 14.4 Å². The largest absolute Gasteiger partial charge is 0.457 e. The Kier molecular flexibility index (Phi) is 8.95. The number of aryl methyl sites for hydroxylation is 1. The predicted molar refractivity (Wildman–Crippen MR) is 162 cm³/mol. The van der Waals surface area contributed by atoms with E-state index in [2.05, 4.69) is 21.1 Å². The second kappa shape index (κ2) is 13.3. The van der Waals surface area contributed by atoms with Gasteiger partial charge in [0.2, 0.25) is 5.91 Å². The quantitative estimate of drug-likeness (QED) is 0.130. The number of amides is 3. The van der Waals surface area contributed by atoms with E-state index in [4.69, 9.17) is 8.94 Å². The van der Waals surface area contributed by atoms with E-state index in [0.29, 0.717) is 34.3 Å². The molecule has 0 aliphatic rings. The maximum absolute atomic E-state index is 13.3. The molecule has 0 bridgehead atoms. The Labute approximate surface area is 246 Å². The standard InChI is InChI=1S/C32H26N4O5S/c1-21-18-29(36-41-21)35-30(37)20-42-26-15-12-24(13-16-26)33-32(39)27(34-31(38)23-10-6-3-7-11-23)19-25-14-17-28(40-25)22-8-4-2-5-9-22/h2-19H,20H2,1H3,(H,33,39)(H,34,38)(H,35,36,37)/b27-19+. The highest BCUT2D eigenvalue weighted by molar-refractivity contribution is 8.00. The molecule has 3 aromatic carbocycles. The van der Waals surface area contributed by atoms with E-state index < -0.39 is 11.8 Å². The summed E-state index contributed by atoms with van der Waals surface area (Å²) in [5, 5.41) is 11.9. The number of nitrogens with one attached hydrogen (secondary N) is 3. The molecule has 0 fully saturated rings. The van der Waals surface area contributed by atoms with Gasteiger partial charge in [0, 0.05) is 33.9 Å². The summed E-state index contributed by atoms with van der Waals surface area (Å²) in [6.45, 7) is 1.74. The van der Waals surface area contributed by atoms with Gasteiger partial charge in [-0.25, -0.2) is 0 Å². The van der Waals surface area contributed by atoms with Crippen LogP contribution in [0.3, 0.4) is 0 Å². The van der Waals surface area contributed by atoms with Crippen LogP contribution in [0.4, 0.5) is 11.5 Å². The molecule has 0 unspecified atom stereocenters. The molecule has 210 valence electrons. The molecule has 0 atom stereocenters. The number of hydrogen-bond acceptors (Lipinski definition) is 7. The fraction of sp³-hybridized carbons (Fsp3) is 0.0625. The van der Waals surface area contributed by atoms with Crippen LogP contribution in [-0.2, 0) is 9.59 Å². The van der Waals surface area contributed by atoms with Crippen LogP contribution in [0, 0.1) is 6.92 Å². The highest BCUT2D eigenvalue weighted by Crippen LogP contribution is 2.24. The van der Waals surface area contributed by atoms with Crippen molar-refractivity contribution in [3.05, 3.63) is 126 Å². The fourth-order valence-corrected chi connectivity index (χ4v) is 4.56. The third kappa shape index (κ3) is 7.64. The summed E-state index contributed by atoms with van der Waals surface area (Å²) in [6.07, 6.45) is 1.49. The maximum atomic E-state index is 13.3. The van der Waals surface area contributed by atoms with Crippen molar-refractivity contribution in [1.29, 1.82) is 0 Å². The van der Waals surface area contributed by atoms with Crippen molar-refractivity contribution < 1.29 is 23.3 Å². The van der Waals surface area contributed by atoms with Crippen LogP contribution < -0.4 is 16.0 Å². The lowest BCUT2D eigenvalue weighted by atomic mass is 10.2. The molecule has 0 saturated heterocycles. The van der Waals surface area contributed by atoms with Gasteiger partial charge in [-0.15, -0.1) is 11.8 Å². The van der Waals surface area contributed by atoms with Crippen LogP contribution in [-0.4, -0.2) is 28.6 Å². The van der Waals surface area contributed by atoms with Gasteiger partial charge in [0.15, 0.2) is 5.82 Å². The zero-order valence-electron chi connectivity index (χ0n) is 22.5. The normalized spacial score (nSPS) is 11.1. The Morgan fingerprint density at radius 1 is 0.857 bits per heavy atom. The predicted octanol–water partition coefficient (Wildman–Crippen LogP) is 6.38. The van der Waals surface area contributed by atoms with Crippen LogP contribution >= 0.6 is 11.8 Å². The molecular weight excluding hydrogens is 552 g/mol. The second-order valence-corrected chi connectivity index (χ2v) is 10.1. The fourth-order valence-electron chi connectivity index (χ4n) is 3.86. The molecule has 10 heteroatoms. The number of anilines is 2. The molecular formula is C32H26N4O5S. The lowest BCUT2D eigenvalue weighted by Gasteiger charge is -2.11. The summed E-state index contributed by atoms with van der Waals surface area (Å²) in [6, 6.07) is 30.4. The third-order valence-corrected chi connectivity index (χ3v) is 6.89. The van der Waals surface area contributed by atoms with Gasteiger partial charge in [-0.05, 0) is 55.5 Å². The van der Waals surface area contributed by atoms with Gasteiger partial charge in [-0.1, -0.05) is 53.7 Å². The van der Waals surface area contributed by atoms with E-state index in [1.807, 2.05) is 30.3 Å². The van der Waals surface area contributed by atoms with Gasteiger partial charge < -0.3 is 24.9 Å². The number of carbonyl (C=O) groups excluding carboxylic acids is 3. The number of furan rings is 1. The monoisotopic (exact) mass is 578 g/mol. The third-order valence-electron chi connectivity index (χ3n) is 5.88. The summed E-state index contributed by atoms with van der Waals surface area (Å²) in [5.74, 6) is 0.997. The first-order chi connectivity index (χ1) is 20.4. The van der Waals surface area contributed by atoms with Crippen molar-refractivity contribution in [2.24, 2.45) is 0 Å². The molecule has 0 spiro atoms. The van der Waals surface area contributed by atoms with Crippen molar-refractivity contribution in [2.75, 3.05) is 16.4 Å². The topological polar surface area (TPSA) is 126 Å². The Morgan fingerprint density at radius 2 is 1.57 bits per heavy atom. The van der Waals surface area contributed by atoms with Crippen LogP contribution in [0.2, 0.25) is 0 Å². The van der Waals surface area contributed by atoms with Crippen LogP contribution in [0.25, 0.3) is 17.4 Å². The average Bonchev–Trinajstić information content (AvgIpc) is 3.66. The van der Waals surface area contributed by atoms with E-state index >= 15 is 0 Å². The van der Waals surface area contributed by atoms with Gasteiger partial charge in [0.25, 0.3) is 11.8 Å². The molecule has 3 N–H and O–H groups in total. The Bertz CT molecular complexity index is 1710. The summed E-state index contributed by atoms with van der Waals surface area (Å²) in [5.41, 5.74) is 1.82. The molecule has 5 aromatic rings. The molecule has 0 aliphatic carbocycles. The maximum Gasteiger partial charge on any atom is 0.272 e. The van der Waals surface area contributed by atoms with Gasteiger partial charge in [0.05, 0.1) is 5.75 Å². The highest BCUT2D eigenvalue weighted by Gasteiger charge is 2.16. The number of aromatic nitrogens is 1. The molecule has 0 saturated carbocycles. The summed E-state index contributed by atoms with van der Waals surface area (Å²) in [4.78, 5) is 39.3. The van der Waals surface area contributed by atoms with E-state index in [-0.39, 0.29) is 17.4 Å². The molecule has 5 rings (SSSR count). The zero-order valence-corrected chi connectivity index (χ0v) is 23.3. The van der Waals surface area contributed by atoms with Crippen LogP contribution in [0.1, 0.15) is 21.9 Å². The SMILES string of the molecule is Cc1cc(NC(=O)CSc2ccc(NC(=O)/C(=C\c3ccc(-c4ccccc4)o3)NC(=O)c3ccccc3)cc2)no1. The van der Waals surface area contributed by atoms with E-state index in [0.717, 1.165) is 10.5 Å².